The molecule has 29 heavy (non-hydrogen) atoms. The molecule has 2 N–H and O–H groups in total. The monoisotopic (exact) mass is 464 g/mol. The first kappa shape index (κ1) is 38.2. The first-order valence-electron chi connectivity index (χ1n) is 10.2. The van der Waals surface area contributed by atoms with Gasteiger partial charge in [0.1, 0.15) is 0 Å². The Kier molecular flexibility index (Phi) is 39.3. The predicted molar refractivity (Wildman–Crippen MR) is 103 cm³/mol. The predicted octanol–water partition coefficient (Wildman–Crippen LogP) is -4.13. The van der Waals surface area contributed by atoms with E-state index in [0.29, 0.717) is 0 Å². The quantitative estimate of drug-likeness (QED) is 0.136. The van der Waals surface area contributed by atoms with E-state index in [2.05, 4.69) is 19.1 Å². The van der Waals surface area contributed by atoms with Gasteiger partial charge in [0.05, 0.1) is 18.2 Å². The average Bonchev–Trinajstić information content (AvgIpc) is 2.60. The molecular formula is C21H38K2O6. The minimum Gasteiger partial charge on any atom is -0.550 e. The summed E-state index contributed by atoms with van der Waals surface area (Å²) in [5, 5.41) is 37.3. The van der Waals surface area contributed by atoms with Crippen molar-refractivity contribution in [1.82, 2.24) is 0 Å². The molecule has 6 nitrogen and oxygen atoms in total. The molecule has 0 bridgehead atoms. The van der Waals surface area contributed by atoms with Gasteiger partial charge in [-0.1, -0.05) is 64.0 Å². The van der Waals surface area contributed by atoms with Crippen LogP contribution >= 0.6 is 0 Å². The fraction of sp³-hybridized carbons (Fsp3) is 0.810. The molecule has 0 aliphatic heterocycles. The Morgan fingerprint density at radius 3 is 1.90 bits per heavy atom. The Morgan fingerprint density at radius 1 is 0.862 bits per heavy atom. The SMILES string of the molecule is CC(O)C(=O)[O-].CCCCCC[C@@H](O)C/C=C\CCCCCCCC(=O)[O-].[K+].[K+]. The van der Waals surface area contributed by atoms with E-state index < -0.39 is 18.0 Å². The molecule has 0 aliphatic rings. The zero-order chi connectivity index (χ0) is 20.9. The van der Waals surface area contributed by atoms with Crippen molar-refractivity contribution in [3.05, 3.63) is 12.2 Å². The van der Waals surface area contributed by atoms with E-state index >= 15 is 0 Å². The number of carboxylic acids is 2. The van der Waals surface area contributed by atoms with Crippen LogP contribution in [0.2, 0.25) is 0 Å². The van der Waals surface area contributed by atoms with Gasteiger partial charge in [0, 0.05) is 5.97 Å². The Morgan fingerprint density at radius 2 is 1.38 bits per heavy atom. The molecule has 160 valence electrons. The van der Waals surface area contributed by atoms with Crippen molar-refractivity contribution in [2.45, 2.75) is 110 Å². The third kappa shape index (κ3) is 37.5. The largest absolute Gasteiger partial charge is 1.00 e. The van der Waals surface area contributed by atoms with Gasteiger partial charge in [0.2, 0.25) is 0 Å². The minimum absolute atomic E-state index is 0. The van der Waals surface area contributed by atoms with Gasteiger partial charge < -0.3 is 30.0 Å². The molecule has 0 aromatic heterocycles. The molecule has 0 radical (unpaired) electrons. The molecule has 0 amide bonds. The molecular weight excluding hydrogens is 426 g/mol. The molecule has 0 saturated carbocycles. The van der Waals surface area contributed by atoms with Crippen LogP contribution in [0, 0.1) is 0 Å². The number of unbranched alkanes of at least 4 members (excludes halogenated alkanes) is 8. The summed E-state index contributed by atoms with van der Waals surface area (Å²) in [6.45, 7) is 3.33. The Labute approximate surface area is 262 Å². The first-order chi connectivity index (χ1) is 12.8. The number of hydrogen-bond acceptors (Lipinski definition) is 6. The molecule has 0 saturated heterocycles. The van der Waals surface area contributed by atoms with E-state index in [9.17, 15) is 24.9 Å². The molecule has 1 unspecified atom stereocenters. The summed E-state index contributed by atoms with van der Waals surface area (Å²) < 4.78 is 0. The van der Waals surface area contributed by atoms with Gasteiger partial charge in [-0.25, -0.2) is 0 Å². The van der Waals surface area contributed by atoms with Crippen LogP contribution in [-0.4, -0.2) is 34.4 Å². The van der Waals surface area contributed by atoms with Crippen molar-refractivity contribution in [2.75, 3.05) is 0 Å². The van der Waals surface area contributed by atoms with Gasteiger partial charge in [-0.15, -0.1) is 0 Å². The number of carbonyl (C=O) groups is 2. The normalized spacial score (nSPS) is 12.1. The summed E-state index contributed by atoms with van der Waals surface area (Å²) in [4.78, 5) is 19.6. The second-order valence-electron chi connectivity index (χ2n) is 6.88. The third-order valence-corrected chi connectivity index (χ3v) is 4.06. The fourth-order valence-corrected chi connectivity index (χ4v) is 2.36. The van der Waals surface area contributed by atoms with Gasteiger partial charge in [0.25, 0.3) is 0 Å². The summed E-state index contributed by atoms with van der Waals surface area (Å²) in [5.41, 5.74) is 0. The molecule has 2 atom stereocenters. The topological polar surface area (TPSA) is 121 Å². The first-order valence-corrected chi connectivity index (χ1v) is 10.2. The number of aliphatic hydroxyl groups is 2. The molecule has 0 spiro atoms. The second kappa shape index (κ2) is 29.9. The Bertz CT molecular complexity index is 389. The molecule has 0 rings (SSSR count). The van der Waals surface area contributed by atoms with E-state index in [0.717, 1.165) is 64.7 Å². The second-order valence-corrected chi connectivity index (χ2v) is 6.88. The van der Waals surface area contributed by atoms with Gasteiger partial charge in [-0.3, -0.25) is 0 Å². The van der Waals surface area contributed by atoms with Gasteiger partial charge >= 0.3 is 103 Å². The average molecular weight is 465 g/mol. The molecule has 0 aromatic rings. The Balaban J connectivity index is -0.000000340. The van der Waals surface area contributed by atoms with Crippen molar-refractivity contribution in [3.8, 4) is 0 Å². The number of carbonyl (C=O) groups excluding carboxylic acids is 2. The number of aliphatic hydroxyl groups excluding tert-OH is 2. The molecule has 0 fully saturated rings. The van der Waals surface area contributed by atoms with Crippen LogP contribution in [0.15, 0.2) is 12.2 Å². The fourth-order valence-electron chi connectivity index (χ4n) is 2.36. The zero-order valence-electron chi connectivity index (χ0n) is 19.0. The van der Waals surface area contributed by atoms with Crippen LogP contribution in [0.25, 0.3) is 0 Å². The van der Waals surface area contributed by atoms with E-state index in [1.54, 1.807) is 0 Å². The number of rotatable bonds is 16. The van der Waals surface area contributed by atoms with Gasteiger partial charge in [0.15, 0.2) is 0 Å². The molecule has 0 aliphatic carbocycles. The van der Waals surface area contributed by atoms with Gasteiger partial charge in [-0.05, 0) is 45.4 Å². The summed E-state index contributed by atoms with van der Waals surface area (Å²) in [6, 6.07) is 0. The van der Waals surface area contributed by atoms with Crippen LogP contribution in [0.1, 0.15) is 97.3 Å². The van der Waals surface area contributed by atoms with E-state index in [1.165, 1.54) is 19.3 Å². The van der Waals surface area contributed by atoms with E-state index in [-0.39, 0.29) is 115 Å². The van der Waals surface area contributed by atoms with E-state index in [4.69, 9.17) is 5.11 Å². The van der Waals surface area contributed by atoms with Gasteiger partial charge in [-0.2, -0.15) is 0 Å². The minimum atomic E-state index is -1.44. The molecule has 0 heterocycles. The van der Waals surface area contributed by atoms with Crippen molar-refractivity contribution in [1.29, 1.82) is 0 Å². The smallest absolute Gasteiger partial charge is 0.550 e. The van der Waals surface area contributed by atoms with Crippen LogP contribution in [-0.2, 0) is 9.59 Å². The molecule has 8 heteroatoms. The number of carboxylic acid groups (broad SMARTS) is 2. The summed E-state index contributed by atoms with van der Waals surface area (Å²) in [7, 11) is 0. The zero-order valence-corrected chi connectivity index (χ0v) is 25.3. The maximum atomic E-state index is 10.2. The van der Waals surface area contributed by atoms with Crippen LogP contribution in [0.3, 0.4) is 0 Å². The van der Waals surface area contributed by atoms with Crippen molar-refractivity contribution < 1.29 is 133 Å². The summed E-state index contributed by atoms with van der Waals surface area (Å²) in [5.74, 6) is -2.37. The maximum absolute atomic E-state index is 10.2. The maximum Gasteiger partial charge on any atom is 1.00 e. The summed E-state index contributed by atoms with van der Waals surface area (Å²) in [6.07, 6.45) is 15.7. The van der Waals surface area contributed by atoms with Crippen LogP contribution in [0.4, 0.5) is 0 Å². The van der Waals surface area contributed by atoms with Crippen molar-refractivity contribution in [3.63, 3.8) is 0 Å². The van der Waals surface area contributed by atoms with Crippen molar-refractivity contribution >= 4 is 11.9 Å². The van der Waals surface area contributed by atoms with Crippen LogP contribution in [0.5, 0.6) is 0 Å². The Hall–Kier alpha value is 1.87. The standard InChI is InChI=1S/C18H34O3.C3H6O3.2K/c1-2-3-4-11-14-17(19)15-12-9-7-5-6-8-10-13-16-18(20)21;1-2(4)3(5)6;;/h9,12,17,19H,2-8,10-11,13-16H2,1H3,(H,20,21);2,4H,1H3,(H,5,6);;/q;;2*+1/p-2/b12-9-;;;/t17-;;;/m1.../s1. The van der Waals surface area contributed by atoms with Crippen molar-refractivity contribution in [2.24, 2.45) is 0 Å². The van der Waals surface area contributed by atoms with E-state index in [1.807, 2.05) is 0 Å². The number of hydrogen-bond donors (Lipinski definition) is 2. The van der Waals surface area contributed by atoms with Crippen LogP contribution < -0.4 is 113 Å². The molecule has 0 aromatic carbocycles. The number of allylic oxidation sites excluding steroid dienone is 1. The number of aliphatic carboxylic acids is 2. The summed E-state index contributed by atoms with van der Waals surface area (Å²) >= 11 is 0. The third-order valence-electron chi connectivity index (χ3n) is 4.06.